The summed E-state index contributed by atoms with van der Waals surface area (Å²) in [4.78, 5) is 14.8. The van der Waals surface area contributed by atoms with Gasteiger partial charge in [-0.05, 0) is 37.5 Å². The first kappa shape index (κ1) is 16.6. The van der Waals surface area contributed by atoms with E-state index in [1.807, 2.05) is 29.2 Å². The molecule has 1 saturated heterocycles. The predicted molar refractivity (Wildman–Crippen MR) is 88.7 cm³/mol. The van der Waals surface area contributed by atoms with Gasteiger partial charge in [-0.2, -0.15) is 0 Å². The fourth-order valence-corrected chi connectivity index (χ4v) is 3.30. The van der Waals surface area contributed by atoms with Crippen molar-refractivity contribution in [3.63, 3.8) is 0 Å². The number of rotatable bonds is 4. The third kappa shape index (κ3) is 3.33. The minimum absolute atomic E-state index is 0.0322. The van der Waals surface area contributed by atoms with Crippen LogP contribution in [0.15, 0.2) is 28.7 Å². The lowest BCUT2D eigenvalue weighted by atomic mass is 9.89. The van der Waals surface area contributed by atoms with Crippen molar-refractivity contribution in [3.05, 3.63) is 47.2 Å². The summed E-state index contributed by atoms with van der Waals surface area (Å²) < 4.78 is 10.7. The van der Waals surface area contributed by atoms with Gasteiger partial charge in [0.2, 0.25) is 11.8 Å². The van der Waals surface area contributed by atoms with Crippen LogP contribution in [0, 0.1) is 6.92 Å². The van der Waals surface area contributed by atoms with Crippen molar-refractivity contribution in [1.29, 1.82) is 0 Å². The number of hydrogen-bond donors (Lipinski definition) is 0. The number of amides is 1. The Morgan fingerprint density at radius 3 is 2.71 bits per heavy atom. The van der Waals surface area contributed by atoms with Crippen molar-refractivity contribution < 1.29 is 13.9 Å². The Labute approximate surface area is 141 Å². The molecule has 0 bridgehead atoms. The maximum absolute atomic E-state index is 12.9. The quantitative estimate of drug-likeness (QED) is 0.862. The van der Waals surface area contributed by atoms with Gasteiger partial charge in [0.15, 0.2) is 0 Å². The number of aromatic nitrogens is 2. The van der Waals surface area contributed by atoms with E-state index < -0.39 is 0 Å². The molecule has 2 heterocycles. The van der Waals surface area contributed by atoms with Crippen LogP contribution in [0.3, 0.4) is 0 Å². The Balaban J connectivity index is 1.76. The Bertz CT molecular complexity index is 696. The zero-order valence-electron chi connectivity index (χ0n) is 14.4. The molecule has 2 atom stereocenters. The van der Waals surface area contributed by atoms with Crippen LogP contribution in [0.5, 0.6) is 0 Å². The summed E-state index contributed by atoms with van der Waals surface area (Å²) in [6.45, 7) is 5.14. The van der Waals surface area contributed by atoms with Crippen LogP contribution in [0.1, 0.15) is 53.4 Å². The van der Waals surface area contributed by atoms with Gasteiger partial charge in [0.25, 0.3) is 5.91 Å². The maximum Gasteiger partial charge on any atom is 0.254 e. The highest BCUT2D eigenvalue weighted by atomic mass is 16.5. The van der Waals surface area contributed by atoms with Crippen molar-refractivity contribution in [1.82, 2.24) is 15.1 Å². The molecule has 0 radical (unpaired) electrons. The van der Waals surface area contributed by atoms with E-state index in [-0.39, 0.29) is 17.9 Å². The summed E-state index contributed by atoms with van der Waals surface area (Å²) in [7, 11) is 1.66. The number of hydrogen-bond acceptors (Lipinski definition) is 5. The van der Waals surface area contributed by atoms with E-state index in [1.54, 1.807) is 14.0 Å². The molecule has 1 aromatic carbocycles. The van der Waals surface area contributed by atoms with Gasteiger partial charge in [0.05, 0.1) is 12.5 Å². The van der Waals surface area contributed by atoms with Gasteiger partial charge in [-0.15, -0.1) is 10.2 Å². The molecule has 0 unspecified atom stereocenters. The number of aryl methyl sites for hydroxylation is 1. The molecule has 6 heteroatoms. The number of nitrogens with zero attached hydrogens (tertiary/aromatic N) is 3. The molecule has 1 fully saturated rings. The molecule has 1 aromatic heterocycles. The smallest absolute Gasteiger partial charge is 0.254 e. The standard InChI is InChI=1S/C18H23N3O3/c1-12-16(17-20-19-13(2)24-17)5-4-10-21(12)18(22)15-8-6-14(7-9-15)11-23-3/h6-9,12,16H,4-5,10-11H2,1-3H3/t12-,16-/m0/s1. The molecule has 128 valence electrons. The largest absolute Gasteiger partial charge is 0.425 e. The highest BCUT2D eigenvalue weighted by Gasteiger charge is 2.35. The van der Waals surface area contributed by atoms with Gasteiger partial charge in [-0.1, -0.05) is 12.1 Å². The van der Waals surface area contributed by atoms with Crippen molar-refractivity contribution in [2.45, 2.75) is 45.3 Å². The van der Waals surface area contributed by atoms with E-state index in [9.17, 15) is 4.79 Å². The minimum atomic E-state index is 0.0322. The molecule has 1 aliphatic rings. The van der Waals surface area contributed by atoms with Crippen LogP contribution in [-0.2, 0) is 11.3 Å². The topological polar surface area (TPSA) is 68.5 Å². The van der Waals surface area contributed by atoms with Crippen LogP contribution >= 0.6 is 0 Å². The molecule has 2 aromatic rings. The fraction of sp³-hybridized carbons (Fsp3) is 0.500. The Hall–Kier alpha value is -2.21. The van der Waals surface area contributed by atoms with Gasteiger partial charge in [0.1, 0.15) is 0 Å². The van der Waals surface area contributed by atoms with Crippen molar-refractivity contribution in [2.24, 2.45) is 0 Å². The number of carbonyl (C=O) groups excluding carboxylic acids is 1. The van der Waals surface area contributed by atoms with Gasteiger partial charge >= 0.3 is 0 Å². The van der Waals surface area contributed by atoms with Gasteiger partial charge in [-0.25, -0.2) is 0 Å². The molecule has 6 nitrogen and oxygen atoms in total. The summed E-state index contributed by atoms with van der Waals surface area (Å²) in [5.74, 6) is 1.34. The second-order valence-corrected chi connectivity index (χ2v) is 6.28. The summed E-state index contributed by atoms with van der Waals surface area (Å²) in [6, 6.07) is 7.63. The second-order valence-electron chi connectivity index (χ2n) is 6.28. The molecular formula is C18H23N3O3. The summed E-state index contributed by atoms with van der Waals surface area (Å²) >= 11 is 0. The van der Waals surface area contributed by atoms with E-state index in [2.05, 4.69) is 17.1 Å². The average Bonchev–Trinajstić information content (AvgIpc) is 3.02. The first-order valence-electron chi connectivity index (χ1n) is 8.29. The Morgan fingerprint density at radius 1 is 1.33 bits per heavy atom. The van der Waals surface area contributed by atoms with Crippen molar-refractivity contribution in [3.8, 4) is 0 Å². The Kier molecular flexibility index (Phi) is 4.94. The number of piperidine rings is 1. The number of likely N-dealkylation sites (tertiary alicyclic amines) is 1. The Morgan fingerprint density at radius 2 is 2.08 bits per heavy atom. The molecule has 3 rings (SSSR count). The van der Waals surface area contributed by atoms with Crippen LogP contribution in [0.25, 0.3) is 0 Å². The lowest BCUT2D eigenvalue weighted by molar-refractivity contribution is 0.0582. The van der Waals surface area contributed by atoms with Gasteiger partial charge < -0.3 is 14.1 Å². The summed E-state index contributed by atoms with van der Waals surface area (Å²) in [6.07, 6.45) is 1.89. The lowest BCUT2D eigenvalue weighted by Crippen LogP contribution is -2.46. The highest BCUT2D eigenvalue weighted by molar-refractivity contribution is 5.94. The van der Waals surface area contributed by atoms with Crippen LogP contribution in [0.4, 0.5) is 0 Å². The highest BCUT2D eigenvalue weighted by Crippen LogP contribution is 2.32. The maximum atomic E-state index is 12.9. The van der Waals surface area contributed by atoms with E-state index in [0.717, 1.165) is 24.9 Å². The normalized spacial score (nSPS) is 21.0. The molecule has 0 N–H and O–H groups in total. The van der Waals surface area contributed by atoms with Crippen LogP contribution < -0.4 is 0 Å². The molecule has 0 aliphatic carbocycles. The molecular weight excluding hydrogens is 306 g/mol. The fourth-order valence-electron chi connectivity index (χ4n) is 3.30. The monoisotopic (exact) mass is 329 g/mol. The lowest BCUT2D eigenvalue weighted by Gasteiger charge is -2.38. The first-order chi connectivity index (χ1) is 11.6. The van der Waals surface area contributed by atoms with Gasteiger partial charge in [0, 0.05) is 32.2 Å². The second kappa shape index (κ2) is 7.13. The molecule has 0 saturated carbocycles. The van der Waals surface area contributed by atoms with E-state index in [0.29, 0.717) is 24.0 Å². The predicted octanol–water partition coefficient (Wildman–Crippen LogP) is 2.93. The molecule has 24 heavy (non-hydrogen) atoms. The minimum Gasteiger partial charge on any atom is -0.425 e. The van der Waals surface area contributed by atoms with Crippen molar-refractivity contribution in [2.75, 3.05) is 13.7 Å². The third-order valence-electron chi connectivity index (χ3n) is 4.62. The summed E-state index contributed by atoms with van der Waals surface area (Å²) in [5.41, 5.74) is 1.75. The van der Waals surface area contributed by atoms with Crippen LogP contribution in [-0.4, -0.2) is 40.7 Å². The molecule has 1 amide bonds. The summed E-state index contributed by atoms with van der Waals surface area (Å²) in [5, 5.41) is 8.07. The third-order valence-corrected chi connectivity index (χ3v) is 4.62. The van der Waals surface area contributed by atoms with Gasteiger partial charge in [-0.3, -0.25) is 4.79 Å². The number of benzene rings is 1. The number of carbonyl (C=O) groups is 1. The van der Waals surface area contributed by atoms with E-state index >= 15 is 0 Å². The van der Waals surface area contributed by atoms with E-state index in [1.165, 1.54) is 0 Å². The number of ether oxygens (including phenoxy) is 1. The average molecular weight is 329 g/mol. The first-order valence-corrected chi connectivity index (χ1v) is 8.29. The number of methoxy groups -OCH3 is 1. The SMILES string of the molecule is COCc1ccc(C(=O)N2CCC[C@H](c3nnc(C)o3)[C@@H]2C)cc1. The molecule has 0 spiro atoms. The molecule has 1 aliphatic heterocycles. The zero-order chi connectivity index (χ0) is 17.1. The van der Waals surface area contributed by atoms with Crippen LogP contribution in [0.2, 0.25) is 0 Å². The van der Waals surface area contributed by atoms with Crippen molar-refractivity contribution >= 4 is 5.91 Å². The zero-order valence-corrected chi connectivity index (χ0v) is 14.4. The van der Waals surface area contributed by atoms with E-state index in [4.69, 9.17) is 9.15 Å².